The summed E-state index contributed by atoms with van der Waals surface area (Å²) < 4.78 is 0. The number of nitrogens with zero attached hydrogens (tertiary/aromatic N) is 2. The zero-order chi connectivity index (χ0) is 16.2. The van der Waals surface area contributed by atoms with Crippen LogP contribution in [0, 0.1) is 0 Å². The molecule has 0 aliphatic heterocycles. The summed E-state index contributed by atoms with van der Waals surface area (Å²) in [7, 11) is 0. The van der Waals surface area contributed by atoms with Crippen molar-refractivity contribution in [3.63, 3.8) is 0 Å². The molecule has 0 radical (unpaired) electrons. The molecule has 0 spiro atoms. The van der Waals surface area contributed by atoms with Gasteiger partial charge in [0, 0.05) is 18.4 Å². The first-order valence-corrected chi connectivity index (χ1v) is 8.98. The van der Waals surface area contributed by atoms with Crippen LogP contribution in [-0.4, -0.2) is 9.97 Å². The summed E-state index contributed by atoms with van der Waals surface area (Å²) in [6, 6.07) is 12.4. The van der Waals surface area contributed by atoms with Crippen LogP contribution in [-0.2, 0) is 13.0 Å². The van der Waals surface area contributed by atoms with Gasteiger partial charge in [0.15, 0.2) is 0 Å². The second-order valence-corrected chi connectivity index (χ2v) is 6.08. The van der Waals surface area contributed by atoms with E-state index in [4.69, 9.17) is 0 Å². The van der Waals surface area contributed by atoms with Crippen LogP contribution in [0.1, 0.15) is 63.1 Å². The Bertz CT molecular complexity index is 540. The zero-order valence-electron chi connectivity index (χ0n) is 14.3. The van der Waals surface area contributed by atoms with Crippen molar-refractivity contribution in [3.8, 4) is 0 Å². The Kier molecular flexibility index (Phi) is 8.17. The van der Waals surface area contributed by atoms with Gasteiger partial charge in [-0.1, -0.05) is 75.8 Å². The van der Waals surface area contributed by atoms with Gasteiger partial charge in [0.2, 0.25) is 5.95 Å². The zero-order valence-corrected chi connectivity index (χ0v) is 14.3. The lowest BCUT2D eigenvalue weighted by Gasteiger charge is -2.07. The SMILES string of the molecule is CCCCCCCCCc1ccnc(NCc2ccccc2)n1. The minimum absolute atomic E-state index is 0.731. The maximum absolute atomic E-state index is 4.61. The van der Waals surface area contributed by atoms with Gasteiger partial charge < -0.3 is 5.32 Å². The molecule has 2 rings (SSSR count). The van der Waals surface area contributed by atoms with Gasteiger partial charge >= 0.3 is 0 Å². The summed E-state index contributed by atoms with van der Waals surface area (Å²) in [6.45, 7) is 3.03. The number of nitrogens with one attached hydrogen (secondary N) is 1. The van der Waals surface area contributed by atoms with Gasteiger partial charge in [-0.3, -0.25) is 0 Å². The first kappa shape index (κ1) is 17.5. The third-order valence-corrected chi connectivity index (χ3v) is 4.04. The van der Waals surface area contributed by atoms with Crippen molar-refractivity contribution in [2.24, 2.45) is 0 Å². The third-order valence-electron chi connectivity index (χ3n) is 4.04. The van der Waals surface area contributed by atoms with Crippen LogP contribution in [0.4, 0.5) is 5.95 Å². The predicted octanol–water partition coefficient (Wildman–Crippen LogP) is 5.38. The number of aryl methyl sites for hydroxylation is 1. The molecule has 1 N–H and O–H groups in total. The summed E-state index contributed by atoms with van der Waals surface area (Å²) in [4.78, 5) is 8.92. The Labute approximate surface area is 140 Å². The molecule has 0 aliphatic rings. The van der Waals surface area contributed by atoms with Crippen LogP contribution in [0.2, 0.25) is 0 Å². The summed E-state index contributed by atoms with van der Waals surface area (Å²) in [5, 5.41) is 3.30. The van der Waals surface area contributed by atoms with Gasteiger partial charge in [0.25, 0.3) is 0 Å². The molecule has 0 fully saturated rings. The molecule has 0 amide bonds. The number of unbranched alkanes of at least 4 members (excludes halogenated alkanes) is 6. The Balaban J connectivity index is 1.68. The van der Waals surface area contributed by atoms with Crippen molar-refractivity contribution in [2.45, 2.75) is 64.8 Å². The predicted molar refractivity (Wildman–Crippen MR) is 97.5 cm³/mol. The third kappa shape index (κ3) is 7.27. The molecule has 124 valence electrons. The molecule has 0 saturated carbocycles. The van der Waals surface area contributed by atoms with Gasteiger partial charge in [-0.05, 0) is 24.5 Å². The van der Waals surface area contributed by atoms with Crippen molar-refractivity contribution >= 4 is 5.95 Å². The molecule has 0 bridgehead atoms. The van der Waals surface area contributed by atoms with Crippen LogP contribution < -0.4 is 5.32 Å². The number of hydrogen-bond donors (Lipinski definition) is 1. The fourth-order valence-corrected chi connectivity index (χ4v) is 2.66. The molecular formula is C20H29N3. The second-order valence-electron chi connectivity index (χ2n) is 6.08. The minimum atomic E-state index is 0.731. The molecule has 0 aliphatic carbocycles. The fourth-order valence-electron chi connectivity index (χ4n) is 2.66. The number of benzene rings is 1. The Morgan fingerprint density at radius 1 is 0.870 bits per heavy atom. The number of aromatic nitrogens is 2. The van der Waals surface area contributed by atoms with Crippen molar-refractivity contribution in [3.05, 3.63) is 53.9 Å². The summed E-state index contributed by atoms with van der Waals surface area (Å²) in [5.74, 6) is 0.731. The molecule has 0 atom stereocenters. The fraction of sp³-hybridized carbons (Fsp3) is 0.500. The van der Waals surface area contributed by atoms with E-state index < -0.39 is 0 Å². The van der Waals surface area contributed by atoms with Crippen molar-refractivity contribution in [2.75, 3.05) is 5.32 Å². The maximum Gasteiger partial charge on any atom is 0.223 e. The minimum Gasteiger partial charge on any atom is -0.350 e. The number of hydrogen-bond acceptors (Lipinski definition) is 3. The average molecular weight is 311 g/mol. The molecule has 0 saturated heterocycles. The molecule has 3 heteroatoms. The molecular weight excluding hydrogens is 282 g/mol. The van der Waals surface area contributed by atoms with E-state index in [0.717, 1.165) is 24.6 Å². The Morgan fingerprint density at radius 2 is 1.61 bits per heavy atom. The van der Waals surface area contributed by atoms with Crippen LogP contribution in [0.3, 0.4) is 0 Å². The second kappa shape index (κ2) is 10.8. The van der Waals surface area contributed by atoms with E-state index in [1.165, 1.54) is 50.5 Å². The summed E-state index contributed by atoms with van der Waals surface area (Å²) in [5.41, 5.74) is 2.39. The number of rotatable bonds is 11. The molecule has 23 heavy (non-hydrogen) atoms. The van der Waals surface area contributed by atoms with Crippen LogP contribution in [0.25, 0.3) is 0 Å². The smallest absolute Gasteiger partial charge is 0.223 e. The maximum atomic E-state index is 4.61. The highest BCUT2D eigenvalue weighted by atomic mass is 15.1. The molecule has 1 aromatic heterocycles. The summed E-state index contributed by atoms with van der Waals surface area (Å²) >= 11 is 0. The number of anilines is 1. The largest absolute Gasteiger partial charge is 0.350 e. The average Bonchev–Trinajstić information content (AvgIpc) is 2.60. The van der Waals surface area contributed by atoms with Crippen LogP contribution >= 0.6 is 0 Å². The lowest BCUT2D eigenvalue weighted by atomic mass is 10.1. The first-order valence-electron chi connectivity index (χ1n) is 8.98. The molecule has 0 unspecified atom stereocenters. The standard InChI is InChI=1S/C20H29N3/c1-2-3-4-5-6-7-11-14-19-15-16-21-20(23-19)22-17-18-12-9-8-10-13-18/h8-10,12-13,15-16H,2-7,11,14,17H2,1H3,(H,21,22,23). The quantitative estimate of drug-likeness (QED) is 0.566. The van der Waals surface area contributed by atoms with E-state index in [1.54, 1.807) is 0 Å². The normalized spacial score (nSPS) is 10.7. The Hall–Kier alpha value is -1.90. The monoisotopic (exact) mass is 311 g/mol. The molecule has 3 nitrogen and oxygen atoms in total. The van der Waals surface area contributed by atoms with Gasteiger partial charge in [-0.2, -0.15) is 0 Å². The van der Waals surface area contributed by atoms with E-state index in [0.29, 0.717) is 0 Å². The highest BCUT2D eigenvalue weighted by Crippen LogP contribution is 2.11. The summed E-state index contributed by atoms with van der Waals surface area (Å²) in [6.07, 6.45) is 12.3. The topological polar surface area (TPSA) is 37.8 Å². The molecule has 1 heterocycles. The lowest BCUT2D eigenvalue weighted by molar-refractivity contribution is 0.587. The van der Waals surface area contributed by atoms with Gasteiger partial charge in [0.05, 0.1) is 0 Å². The van der Waals surface area contributed by atoms with Crippen molar-refractivity contribution in [1.29, 1.82) is 0 Å². The van der Waals surface area contributed by atoms with E-state index in [1.807, 2.05) is 18.3 Å². The van der Waals surface area contributed by atoms with E-state index in [9.17, 15) is 0 Å². The van der Waals surface area contributed by atoms with Gasteiger partial charge in [-0.15, -0.1) is 0 Å². The first-order chi connectivity index (χ1) is 11.4. The lowest BCUT2D eigenvalue weighted by Crippen LogP contribution is -2.04. The van der Waals surface area contributed by atoms with Crippen molar-refractivity contribution in [1.82, 2.24) is 9.97 Å². The van der Waals surface area contributed by atoms with E-state index in [2.05, 4.69) is 46.5 Å². The van der Waals surface area contributed by atoms with Gasteiger partial charge in [-0.25, -0.2) is 9.97 Å². The molecule has 2 aromatic rings. The van der Waals surface area contributed by atoms with Crippen LogP contribution in [0.5, 0.6) is 0 Å². The van der Waals surface area contributed by atoms with E-state index in [-0.39, 0.29) is 0 Å². The highest BCUT2D eigenvalue weighted by Gasteiger charge is 2.00. The van der Waals surface area contributed by atoms with E-state index >= 15 is 0 Å². The van der Waals surface area contributed by atoms with Crippen LogP contribution in [0.15, 0.2) is 42.6 Å². The Morgan fingerprint density at radius 3 is 2.39 bits per heavy atom. The van der Waals surface area contributed by atoms with Crippen molar-refractivity contribution < 1.29 is 0 Å². The van der Waals surface area contributed by atoms with Gasteiger partial charge in [0.1, 0.15) is 0 Å². The molecule has 1 aromatic carbocycles. The highest BCUT2D eigenvalue weighted by molar-refractivity contribution is 5.28.